The molecule has 7 heteroatoms. The second-order valence-electron chi connectivity index (χ2n) is 4.87. The molecule has 0 aliphatic carbocycles. The highest BCUT2D eigenvalue weighted by atomic mass is 32.2. The molecule has 0 unspecified atom stereocenters. The van der Waals surface area contributed by atoms with E-state index < -0.39 is 10.0 Å². The smallest absolute Gasteiger partial charge is 0.302 e. The zero-order valence-electron chi connectivity index (χ0n) is 11.8. The molecule has 114 valence electrons. The van der Waals surface area contributed by atoms with E-state index in [0.29, 0.717) is 4.70 Å². The average Bonchev–Trinajstić information content (AvgIpc) is 2.81. The first-order valence-electron chi connectivity index (χ1n) is 6.60. The van der Waals surface area contributed by atoms with Crippen LogP contribution in [0.25, 0.3) is 10.2 Å². The van der Waals surface area contributed by atoms with E-state index in [-0.39, 0.29) is 16.3 Å². The SMILES string of the molecule is Cn1c(=O)sc2cc(S(=O)(=O)NCc3ccccc3)ccc21. The number of nitrogens with one attached hydrogen (secondary N) is 1. The number of aryl methyl sites for hydroxylation is 1. The van der Waals surface area contributed by atoms with Gasteiger partial charge >= 0.3 is 4.87 Å². The van der Waals surface area contributed by atoms with Crippen LogP contribution in [0.4, 0.5) is 0 Å². The molecule has 0 atom stereocenters. The summed E-state index contributed by atoms with van der Waals surface area (Å²) in [7, 11) is -1.94. The van der Waals surface area contributed by atoms with Gasteiger partial charge in [-0.15, -0.1) is 0 Å². The fourth-order valence-electron chi connectivity index (χ4n) is 2.14. The quantitative estimate of drug-likeness (QED) is 0.794. The zero-order chi connectivity index (χ0) is 15.7. The molecule has 0 fully saturated rings. The second-order valence-corrected chi connectivity index (χ2v) is 7.63. The fraction of sp³-hybridized carbons (Fsp3) is 0.133. The van der Waals surface area contributed by atoms with Crippen LogP contribution in [0, 0.1) is 0 Å². The molecule has 0 amide bonds. The predicted octanol–water partition coefficient (Wildman–Crippen LogP) is 2.08. The molecule has 1 heterocycles. The lowest BCUT2D eigenvalue weighted by molar-refractivity contribution is 0.581. The molecular weight excluding hydrogens is 320 g/mol. The molecule has 0 aliphatic heterocycles. The van der Waals surface area contributed by atoms with E-state index in [1.807, 2.05) is 30.3 Å². The van der Waals surface area contributed by atoms with E-state index in [0.717, 1.165) is 22.4 Å². The molecule has 0 saturated carbocycles. The molecule has 1 aromatic heterocycles. The van der Waals surface area contributed by atoms with E-state index in [2.05, 4.69) is 4.72 Å². The summed E-state index contributed by atoms with van der Waals surface area (Å²) >= 11 is 1.04. The Kier molecular flexibility index (Phi) is 3.86. The van der Waals surface area contributed by atoms with Crippen molar-refractivity contribution in [3.63, 3.8) is 0 Å². The number of aromatic nitrogens is 1. The summed E-state index contributed by atoms with van der Waals surface area (Å²) in [5.74, 6) is 0. The number of rotatable bonds is 4. The van der Waals surface area contributed by atoms with Gasteiger partial charge in [0.15, 0.2) is 0 Å². The highest BCUT2D eigenvalue weighted by Gasteiger charge is 2.15. The van der Waals surface area contributed by atoms with Crippen LogP contribution in [0.1, 0.15) is 5.56 Å². The normalized spacial score (nSPS) is 11.9. The molecule has 1 N–H and O–H groups in total. The van der Waals surface area contributed by atoms with Crippen molar-refractivity contribution >= 4 is 31.6 Å². The summed E-state index contributed by atoms with van der Waals surface area (Å²) in [4.78, 5) is 11.7. The standard InChI is InChI=1S/C15H14N2O3S2/c1-17-13-8-7-12(9-14(13)21-15(17)18)22(19,20)16-10-11-5-3-2-4-6-11/h2-9,16H,10H2,1H3. The minimum atomic E-state index is -3.61. The molecule has 0 aliphatic rings. The predicted molar refractivity (Wildman–Crippen MR) is 87.5 cm³/mol. The third-order valence-electron chi connectivity index (χ3n) is 3.38. The van der Waals surface area contributed by atoms with Crippen LogP contribution in [0.3, 0.4) is 0 Å². The molecule has 0 bridgehead atoms. The van der Waals surface area contributed by atoms with Gasteiger partial charge in [0, 0.05) is 13.6 Å². The summed E-state index contributed by atoms with van der Waals surface area (Å²) in [6.45, 7) is 0.228. The highest BCUT2D eigenvalue weighted by molar-refractivity contribution is 7.89. The summed E-state index contributed by atoms with van der Waals surface area (Å²) in [6, 6.07) is 14.0. The minimum absolute atomic E-state index is 0.109. The molecule has 22 heavy (non-hydrogen) atoms. The van der Waals surface area contributed by atoms with Crippen LogP contribution in [0.2, 0.25) is 0 Å². The van der Waals surface area contributed by atoms with Crippen LogP contribution in [-0.2, 0) is 23.6 Å². The molecule has 0 spiro atoms. The van der Waals surface area contributed by atoms with Gasteiger partial charge in [-0.05, 0) is 23.8 Å². The van der Waals surface area contributed by atoms with Crippen LogP contribution >= 0.6 is 11.3 Å². The first-order chi connectivity index (χ1) is 10.5. The van der Waals surface area contributed by atoms with Crippen LogP contribution in [-0.4, -0.2) is 13.0 Å². The van der Waals surface area contributed by atoms with E-state index in [1.165, 1.54) is 16.7 Å². The van der Waals surface area contributed by atoms with Crippen molar-refractivity contribution in [2.75, 3.05) is 0 Å². The van der Waals surface area contributed by atoms with E-state index in [1.54, 1.807) is 13.1 Å². The van der Waals surface area contributed by atoms with Gasteiger partial charge in [0.1, 0.15) is 0 Å². The second kappa shape index (κ2) is 5.68. The van der Waals surface area contributed by atoms with Crippen LogP contribution in [0.15, 0.2) is 58.2 Å². The van der Waals surface area contributed by atoms with Gasteiger partial charge in [-0.2, -0.15) is 0 Å². The number of nitrogens with zero attached hydrogens (tertiary/aromatic N) is 1. The Bertz CT molecular complexity index is 973. The summed E-state index contributed by atoms with van der Waals surface area (Å²) < 4.78 is 29.4. The number of fused-ring (bicyclic) bond motifs is 1. The van der Waals surface area contributed by atoms with Gasteiger partial charge in [0.05, 0.1) is 15.1 Å². The molecule has 0 saturated heterocycles. The van der Waals surface area contributed by atoms with Crippen LogP contribution in [0.5, 0.6) is 0 Å². The lowest BCUT2D eigenvalue weighted by Gasteiger charge is -2.07. The highest BCUT2D eigenvalue weighted by Crippen LogP contribution is 2.21. The zero-order valence-corrected chi connectivity index (χ0v) is 13.4. The third kappa shape index (κ3) is 2.83. The van der Waals surface area contributed by atoms with Gasteiger partial charge in [-0.25, -0.2) is 13.1 Å². The maximum atomic E-state index is 12.3. The van der Waals surface area contributed by atoms with Gasteiger partial charge in [-0.3, -0.25) is 4.79 Å². The summed E-state index contributed by atoms with van der Waals surface area (Å²) in [6.07, 6.45) is 0. The van der Waals surface area contributed by atoms with Crippen molar-refractivity contribution < 1.29 is 8.42 Å². The van der Waals surface area contributed by atoms with Crippen molar-refractivity contribution in [3.8, 4) is 0 Å². The molecule has 2 aromatic carbocycles. The summed E-state index contributed by atoms with van der Waals surface area (Å²) in [5, 5.41) is 0. The topological polar surface area (TPSA) is 68.2 Å². The Balaban J connectivity index is 1.90. The van der Waals surface area contributed by atoms with Gasteiger partial charge in [0.25, 0.3) is 0 Å². The minimum Gasteiger partial charge on any atom is -0.302 e. The average molecular weight is 334 g/mol. The molecule has 3 rings (SSSR count). The summed E-state index contributed by atoms with van der Waals surface area (Å²) in [5.41, 5.74) is 1.62. The van der Waals surface area contributed by atoms with Crippen molar-refractivity contribution in [2.24, 2.45) is 7.05 Å². The Hall–Kier alpha value is -1.96. The Morgan fingerprint density at radius 3 is 2.59 bits per heavy atom. The lowest BCUT2D eigenvalue weighted by atomic mass is 10.2. The maximum Gasteiger partial charge on any atom is 0.307 e. The number of hydrogen-bond donors (Lipinski definition) is 1. The van der Waals surface area contributed by atoms with Crippen molar-refractivity contribution in [1.29, 1.82) is 0 Å². The molecule has 5 nitrogen and oxygen atoms in total. The number of sulfonamides is 1. The van der Waals surface area contributed by atoms with Crippen LogP contribution < -0.4 is 9.60 Å². The largest absolute Gasteiger partial charge is 0.307 e. The Morgan fingerprint density at radius 1 is 1.14 bits per heavy atom. The van der Waals surface area contributed by atoms with E-state index in [9.17, 15) is 13.2 Å². The molecule has 0 radical (unpaired) electrons. The molecule has 3 aromatic rings. The van der Waals surface area contributed by atoms with Gasteiger partial charge in [0.2, 0.25) is 10.0 Å². The Labute approximate surface area is 131 Å². The first-order valence-corrected chi connectivity index (χ1v) is 8.90. The fourth-order valence-corrected chi connectivity index (χ4v) is 4.18. The van der Waals surface area contributed by atoms with Crippen molar-refractivity contribution in [2.45, 2.75) is 11.4 Å². The molecular formula is C15H14N2O3S2. The van der Waals surface area contributed by atoms with E-state index >= 15 is 0 Å². The number of benzene rings is 2. The lowest BCUT2D eigenvalue weighted by Crippen LogP contribution is -2.23. The van der Waals surface area contributed by atoms with Crippen molar-refractivity contribution in [3.05, 3.63) is 63.8 Å². The van der Waals surface area contributed by atoms with Crippen molar-refractivity contribution in [1.82, 2.24) is 9.29 Å². The number of thiazole rings is 1. The van der Waals surface area contributed by atoms with Gasteiger partial charge in [-0.1, -0.05) is 41.7 Å². The third-order valence-corrected chi connectivity index (χ3v) is 5.78. The maximum absolute atomic E-state index is 12.3. The monoisotopic (exact) mass is 334 g/mol. The van der Waals surface area contributed by atoms with Gasteiger partial charge < -0.3 is 4.57 Å². The Morgan fingerprint density at radius 2 is 1.86 bits per heavy atom. The number of hydrogen-bond acceptors (Lipinski definition) is 4. The van der Waals surface area contributed by atoms with E-state index in [4.69, 9.17) is 0 Å². The first kappa shape index (κ1) is 15.0.